The van der Waals surface area contributed by atoms with Crippen molar-refractivity contribution in [2.75, 3.05) is 7.11 Å². The molecular formula is C7H13NO3. The Morgan fingerprint density at radius 1 is 1.73 bits per heavy atom. The van der Waals surface area contributed by atoms with E-state index in [0.29, 0.717) is 0 Å². The molecule has 3 N–H and O–H groups in total. The summed E-state index contributed by atoms with van der Waals surface area (Å²) in [7, 11) is 1.52. The Balaban J connectivity index is 2.61. The molecule has 0 bridgehead atoms. The summed E-state index contributed by atoms with van der Waals surface area (Å²) in [4.78, 5) is 10.5. The molecule has 0 radical (unpaired) electrons. The van der Waals surface area contributed by atoms with Crippen LogP contribution in [0.25, 0.3) is 0 Å². The van der Waals surface area contributed by atoms with Crippen molar-refractivity contribution in [2.24, 2.45) is 5.73 Å². The highest BCUT2D eigenvalue weighted by Gasteiger charge is 2.46. The van der Waals surface area contributed by atoms with Gasteiger partial charge in [-0.15, -0.1) is 0 Å². The zero-order valence-corrected chi connectivity index (χ0v) is 6.54. The molecule has 0 aromatic carbocycles. The average molecular weight is 159 g/mol. The summed E-state index contributed by atoms with van der Waals surface area (Å²) in [6.07, 6.45) is 2.53. The maximum atomic E-state index is 10.5. The third-order valence-electron chi connectivity index (χ3n) is 2.44. The van der Waals surface area contributed by atoms with Gasteiger partial charge in [0.15, 0.2) is 0 Å². The first-order chi connectivity index (χ1) is 5.12. The van der Waals surface area contributed by atoms with Crippen LogP contribution in [0.2, 0.25) is 0 Å². The fraction of sp³-hybridized carbons (Fsp3) is 0.857. The fourth-order valence-corrected chi connectivity index (χ4v) is 1.39. The molecule has 0 heterocycles. The second-order valence-electron chi connectivity index (χ2n) is 2.94. The van der Waals surface area contributed by atoms with Crippen LogP contribution in [0.3, 0.4) is 0 Å². The molecule has 0 aromatic heterocycles. The molecule has 0 aliphatic heterocycles. The molecule has 0 unspecified atom stereocenters. The first kappa shape index (κ1) is 8.49. The second kappa shape index (κ2) is 2.79. The third-order valence-corrected chi connectivity index (χ3v) is 2.44. The van der Waals surface area contributed by atoms with Crippen molar-refractivity contribution in [1.29, 1.82) is 0 Å². The summed E-state index contributed by atoms with van der Waals surface area (Å²) >= 11 is 0. The van der Waals surface area contributed by atoms with Crippen LogP contribution in [0.5, 0.6) is 0 Å². The van der Waals surface area contributed by atoms with Crippen molar-refractivity contribution in [3.05, 3.63) is 0 Å². The van der Waals surface area contributed by atoms with Gasteiger partial charge in [-0.1, -0.05) is 0 Å². The monoisotopic (exact) mass is 159 g/mol. The predicted octanol–water partition coefficient (Wildman–Crippen LogP) is -0.0326. The van der Waals surface area contributed by atoms with Crippen LogP contribution in [0.1, 0.15) is 19.3 Å². The van der Waals surface area contributed by atoms with Gasteiger partial charge in [-0.05, 0) is 19.3 Å². The lowest BCUT2D eigenvalue weighted by atomic mass is 9.75. The van der Waals surface area contributed by atoms with Crippen LogP contribution < -0.4 is 5.73 Å². The number of nitrogens with two attached hydrogens (primary N) is 1. The minimum Gasteiger partial charge on any atom is -0.480 e. The lowest BCUT2D eigenvalue weighted by Gasteiger charge is -2.42. The van der Waals surface area contributed by atoms with Crippen LogP contribution in [0.15, 0.2) is 0 Å². The molecule has 1 atom stereocenters. The molecular weight excluding hydrogens is 146 g/mol. The summed E-state index contributed by atoms with van der Waals surface area (Å²) < 4.78 is 5.09. The maximum Gasteiger partial charge on any atom is 0.323 e. The molecule has 0 amide bonds. The Morgan fingerprint density at radius 2 is 2.27 bits per heavy atom. The van der Waals surface area contributed by atoms with Crippen molar-refractivity contribution in [2.45, 2.75) is 30.9 Å². The second-order valence-corrected chi connectivity index (χ2v) is 2.94. The molecule has 4 nitrogen and oxygen atoms in total. The lowest BCUT2D eigenvalue weighted by molar-refractivity contribution is -0.154. The number of carboxylic acids is 1. The first-order valence-corrected chi connectivity index (χ1v) is 3.66. The van der Waals surface area contributed by atoms with E-state index in [1.54, 1.807) is 0 Å². The van der Waals surface area contributed by atoms with Gasteiger partial charge in [-0.2, -0.15) is 0 Å². The van der Waals surface area contributed by atoms with Gasteiger partial charge in [-0.25, -0.2) is 0 Å². The third kappa shape index (κ3) is 1.23. The standard InChI is InChI=1S/C7H13NO3/c1-11-7(3-2-4-7)5(8)6(9)10/h5H,2-4,8H2,1H3,(H,9,10)/t5-/m0/s1. The van der Waals surface area contributed by atoms with Crippen LogP contribution in [0.4, 0.5) is 0 Å². The normalized spacial score (nSPS) is 23.8. The van der Waals surface area contributed by atoms with E-state index in [0.717, 1.165) is 19.3 Å². The molecule has 1 saturated carbocycles. The summed E-state index contributed by atoms with van der Waals surface area (Å²) in [6.45, 7) is 0. The van der Waals surface area contributed by atoms with E-state index in [1.807, 2.05) is 0 Å². The van der Waals surface area contributed by atoms with E-state index in [9.17, 15) is 4.79 Å². The Bertz CT molecular complexity index is 160. The van der Waals surface area contributed by atoms with Crippen molar-refractivity contribution in [3.63, 3.8) is 0 Å². The Morgan fingerprint density at radius 3 is 2.36 bits per heavy atom. The molecule has 1 aliphatic rings. The van der Waals surface area contributed by atoms with Gasteiger partial charge in [0, 0.05) is 7.11 Å². The minimum absolute atomic E-state index is 0.578. The lowest BCUT2D eigenvalue weighted by Crippen LogP contribution is -2.58. The van der Waals surface area contributed by atoms with Crippen molar-refractivity contribution < 1.29 is 14.6 Å². The van der Waals surface area contributed by atoms with Crippen molar-refractivity contribution >= 4 is 5.97 Å². The molecule has 0 aromatic rings. The molecule has 1 aliphatic carbocycles. The topological polar surface area (TPSA) is 72.5 Å². The average Bonchev–Trinajstić information content (AvgIpc) is 1.86. The number of carboxylic acid groups (broad SMARTS) is 1. The summed E-state index contributed by atoms with van der Waals surface area (Å²) in [5, 5.41) is 8.61. The van der Waals surface area contributed by atoms with Crippen LogP contribution in [0, 0.1) is 0 Å². The zero-order chi connectivity index (χ0) is 8.48. The number of hydrogen-bond acceptors (Lipinski definition) is 3. The van der Waals surface area contributed by atoms with E-state index in [4.69, 9.17) is 15.6 Å². The molecule has 0 saturated heterocycles. The highest BCUT2D eigenvalue weighted by molar-refractivity contribution is 5.75. The highest BCUT2D eigenvalue weighted by atomic mass is 16.5. The van der Waals surface area contributed by atoms with E-state index >= 15 is 0 Å². The summed E-state index contributed by atoms with van der Waals surface area (Å²) in [5.74, 6) is -0.980. The molecule has 4 heteroatoms. The predicted molar refractivity (Wildman–Crippen MR) is 39.2 cm³/mol. The molecule has 64 valence electrons. The maximum absolute atomic E-state index is 10.5. The van der Waals surface area contributed by atoms with Gasteiger partial charge in [0.2, 0.25) is 0 Å². The molecule has 0 spiro atoms. The number of rotatable bonds is 3. The van der Waals surface area contributed by atoms with Crippen molar-refractivity contribution in [3.8, 4) is 0 Å². The van der Waals surface area contributed by atoms with Crippen LogP contribution in [-0.4, -0.2) is 29.8 Å². The van der Waals surface area contributed by atoms with E-state index in [-0.39, 0.29) is 0 Å². The van der Waals surface area contributed by atoms with E-state index in [1.165, 1.54) is 7.11 Å². The number of hydrogen-bond donors (Lipinski definition) is 2. The SMILES string of the molecule is COC1([C@@H](N)C(=O)O)CCC1. The number of methoxy groups -OCH3 is 1. The van der Waals surface area contributed by atoms with Gasteiger partial charge < -0.3 is 15.6 Å². The molecule has 11 heavy (non-hydrogen) atoms. The molecule has 1 fully saturated rings. The highest BCUT2D eigenvalue weighted by Crippen LogP contribution is 2.37. The number of aliphatic carboxylic acids is 1. The van der Waals surface area contributed by atoms with Gasteiger partial charge in [0.25, 0.3) is 0 Å². The van der Waals surface area contributed by atoms with Crippen LogP contribution >= 0.6 is 0 Å². The zero-order valence-electron chi connectivity index (χ0n) is 6.54. The summed E-state index contributed by atoms with van der Waals surface area (Å²) in [6, 6.07) is -0.874. The van der Waals surface area contributed by atoms with Gasteiger partial charge in [0.1, 0.15) is 6.04 Å². The Labute approximate surface area is 65.3 Å². The first-order valence-electron chi connectivity index (χ1n) is 3.66. The largest absolute Gasteiger partial charge is 0.480 e. The number of ether oxygens (including phenoxy) is 1. The van der Waals surface area contributed by atoms with Crippen molar-refractivity contribution in [1.82, 2.24) is 0 Å². The van der Waals surface area contributed by atoms with E-state index in [2.05, 4.69) is 0 Å². The summed E-state index contributed by atoms with van der Waals surface area (Å²) in [5.41, 5.74) is 4.87. The van der Waals surface area contributed by atoms with Gasteiger partial charge in [-0.3, -0.25) is 4.79 Å². The number of carbonyl (C=O) groups is 1. The smallest absolute Gasteiger partial charge is 0.323 e. The fourth-order valence-electron chi connectivity index (χ4n) is 1.39. The van der Waals surface area contributed by atoms with Crippen LogP contribution in [-0.2, 0) is 9.53 Å². The Kier molecular flexibility index (Phi) is 2.15. The quantitative estimate of drug-likeness (QED) is 0.606. The van der Waals surface area contributed by atoms with E-state index < -0.39 is 17.6 Å². The van der Waals surface area contributed by atoms with Gasteiger partial charge >= 0.3 is 5.97 Å². The molecule has 1 rings (SSSR count). The Hall–Kier alpha value is -0.610. The minimum atomic E-state index is -0.980. The van der Waals surface area contributed by atoms with Gasteiger partial charge in [0.05, 0.1) is 5.60 Å².